The number of rotatable bonds is 3. The van der Waals surface area contributed by atoms with E-state index in [4.69, 9.17) is 9.84 Å². The molecule has 2 aromatic rings. The fourth-order valence-electron chi connectivity index (χ4n) is 2.69. The zero-order chi connectivity index (χ0) is 18.1. The summed E-state index contributed by atoms with van der Waals surface area (Å²) in [7, 11) is 1.58. The molecule has 1 aliphatic carbocycles. The fraction of sp³-hybridized carbons (Fsp3) is 0.0500. The largest absolute Gasteiger partial charge is 0.494 e. The quantitative estimate of drug-likeness (QED) is 0.550. The number of aromatic nitrogens is 1. The molecule has 2 aromatic carbocycles. The van der Waals surface area contributed by atoms with Crippen LogP contribution in [0, 0.1) is 0 Å². The van der Waals surface area contributed by atoms with Crippen LogP contribution >= 0.6 is 11.3 Å². The van der Waals surface area contributed by atoms with Crippen molar-refractivity contribution in [2.75, 3.05) is 7.11 Å². The van der Waals surface area contributed by atoms with Crippen LogP contribution in [0.1, 0.15) is 10.4 Å². The van der Waals surface area contributed by atoms with E-state index in [1.54, 1.807) is 30.6 Å². The molecule has 0 atom stereocenters. The minimum Gasteiger partial charge on any atom is -0.494 e. The van der Waals surface area contributed by atoms with Crippen LogP contribution in [0.25, 0.3) is 20.8 Å². The maximum Gasteiger partial charge on any atom is 0.335 e. The Labute approximate surface area is 153 Å². The zero-order valence-corrected chi connectivity index (χ0v) is 14.7. The Kier molecular flexibility index (Phi) is 4.10. The summed E-state index contributed by atoms with van der Waals surface area (Å²) in [5.74, 6) is -0.390. The third-order valence-electron chi connectivity index (χ3n) is 3.93. The molecular weight excluding hydrogens is 348 g/mol. The van der Waals surface area contributed by atoms with Gasteiger partial charge in [0.15, 0.2) is 0 Å². The van der Waals surface area contributed by atoms with Crippen LogP contribution in [0.3, 0.4) is 0 Å². The van der Waals surface area contributed by atoms with Crippen molar-refractivity contribution in [3.05, 3.63) is 71.6 Å². The molecular formula is C20H14N2O3S. The van der Waals surface area contributed by atoms with Crippen molar-refractivity contribution >= 4 is 33.2 Å². The lowest BCUT2D eigenvalue weighted by Gasteiger charge is -2.09. The number of carbonyl (C=O) groups is 1. The molecule has 0 spiro atoms. The van der Waals surface area contributed by atoms with Gasteiger partial charge in [0.2, 0.25) is 0 Å². The first-order chi connectivity index (χ1) is 12.6. The molecule has 0 unspecified atom stereocenters. The maximum atomic E-state index is 11.2. The first-order valence-electron chi connectivity index (χ1n) is 7.90. The summed E-state index contributed by atoms with van der Waals surface area (Å²) in [4.78, 5) is 21.4. The third-order valence-corrected chi connectivity index (χ3v) is 5.04. The molecule has 1 aliphatic heterocycles. The summed E-state index contributed by atoms with van der Waals surface area (Å²) in [6, 6.07) is 18.3. The van der Waals surface area contributed by atoms with Gasteiger partial charge in [0.25, 0.3) is 0 Å². The number of aromatic carboxylic acids is 1. The number of nitrogens with zero attached hydrogens (tertiary/aromatic N) is 2. The number of carboxylic acid groups (broad SMARTS) is 1. The van der Waals surface area contributed by atoms with Crippen LogP contribution in [0.15, 0.2) is 65.7 Å². The summed E-state index contributed by atoms with van der Waals surface area (Å²) >= 11 is 1.63. The molecule has 0 amide bonds. The van der Waals surface area contributed by atoms with E-state index in [1.807, 2.05) is 36.4 Å². The second-order valence-corrected chi connectivity index (χ2v) is 6.72. The molecule has 1 heterocycles. The van der Waals surface area contributed by atoms with Crippen LogP contribution in [0.2, 0.25) is 0 Å². The van der Waals surface area contributed by atoms with Gasteiger partial charge in [-0.05, 0) is 36.4 Å². The summed E-state index contributed by atoms with van der Waals surface area (Å²) in [6.07, 6.45) is 0. The highest BCUT2D eigenvalue weighted by atomic mass is 32.1. The number of methoxy groups -OCH3 is 1. The number of hydrogen-bond donors (Lipinski definition) is 1. The van der Waals surface area contributed by atoms with E-state index in [0.29, 0.717) is 16.8 Å². The minimum absolute atomic E-state index is 0.196. The highest BCUT2D eigenvalue weighted by molar-refractivity contribution is 7.21. The second kappa shape index (κ2) is 6.57. The van der Waals surface area contributed by atoms with Crippen LogP contribution in [0.5, 0.6) is 5.75 Å². The van der Waals surface area contributed by atoms with E-state index < -0.39 is 5.97 Å². The topological polar surface area (TPSA) is 71.8 Å². The van der Waals surface area contributed by atoms with E-state index in [0.717, 1.165) is 20.8 Å². The monoisotopic (exact) mass is 362 g/mol. The molecule has 0 bridgehead atoms. The van der Waals surface area contributed by atoms with Crippen molar-refractivity contribution < 1.29 is 14.6 Å². The first-order valence-corrected chi connectivity index (χ1v) is 8.71. The predicted octanol–water partition coefficient (Wildman–Crippen LogP) is 4.34. The van der Waals surface area contributed by atoms with Crippen LogP contribution < -0.4 is 10.1 Å². The molecule has 0 aromatic heterocycles. The Hall–Kier alpha value is -3.25. The number of carboxylic acids is 1. The van der Waals surface area contributed by atoms with E-state index in [9.17, 15) is 4.79 Å². The lowest BCUT2D eigenvalue weighted by Crippen LogP contribution is -2.07. The molecule has 4 rings (SSSR count). The van der Waals surface area contributed by atoms with E-state index in [1.165, 1.54) is 12.1 Å². The standard InChI is InChI=1S/C20H14N2O3S/c1-25-17-10-16-19(26-18-8-3-2-7-14(18)22-16)11-15(17)21-13-6-4-5-12(9-13)20(23)24/h2-11H,1H3,(H,23,24)/b21-15-. The highest BCUT2D eigenvalue weighted by Gasteiger charge is 2.11. The number of benzene rings is 3. The smallest absolute Gasteiger partial charge is 0.335 e. The molecule has 2 aliphatic rings. The average Bonchev–Trinajstić information content (AvgIpc) is 2.66. The lowest BCUT2D eigenvalue weighted by atomic mass is 10.2. The van der Waals surface area contributed by atoms with Crippen LogP contribution in [-0.2, 0) is 0 Å². The van der Waals surface area contributed by atoms with Gasteiger partial charge in [-0.2, -0.15) is 0 Å². The number of ether oxygens (including phenoxy) is 1. The Morgan fingerprint density at radius 1 is 1.12 bits per heavy atom. The molecule has 26 heavy (non-hydrogen) atoms. The van der Waals surface area contributed by atoms with E-state index >= 15 is 0 Å². The Morgan fingerprint density at radius 2 is 1.96 bits per heavy atom. The molecule has 0 saturated carbocycles. The van der Waals surface area contributed by atoms with Crippen molar-refractivity contribution in [3.63, 3.8) is 0 Å². The van der Waals surface area contributed by atoms with Crippen molar-refractivity contribution in [1.29, 1.82) is 0 Å². The number of fused-ring (bicyclic) bond motifs is 2. The summed E-state index contributed by atoms with van der Waals surface area (Å²) in [6.45, 7) is 0. The van der Waals surface area contributed by atoms with Crippen LogP contribution in [0.4, 0.5) is 5.69 Å². The van der Waals surface area contributed by atoms with Crippen molar-refractivity contribution in [1.82, 2.24) is 4.98 Å². The van der Waals surface area contributed by atoms with Gasteiger partial charge in [-0.25, -0.2) is 14.8 Å². The molecule has 6 heteroatoms. The Balaban J connectivity index is 1.94. The van der Waals surface area contributed by atoms with Gasteiger partial charge < -0.3 is 9.84 Å². The Morgan fingerprint density at radius 3 is 2.77 bits per heavy atom. The normalized spacial score (nSPS) is 11.8. The average molecular weight is 362 g/mol. The second-order valence-electron chi connectivity index (χ2n) is 5.64. The van der Waals surface area contributed by atoms with Crippen molar-refractivity contribution in [2.24, 2.45) is 4.99 Å². The third kappa shape index (κ3) is 3.02. The van der Waals surface area contributed by atoms with Crippen LogP contribution in [-0.4, -0.2) is 23.2 Å². The zero-order valence-electron chi connectivity index (χ0n) is 13.8. The highest BCUT2D eigenvalue weighted by Crippen LogP contribution is 2.31. The molecule has 0 saturated heterocycles. The maximum absolute atomic E-state index is 11.2. The van der Waals surface area contributed by atoms with Gasteiger partial charge in [-0.15, -0.1) is 11.3 Å². The van der Waals surface area contributed by atoms with Gasteiger partial charge in [0, 0.05) is 6.07 Å². The van der Waals surface area contributed by atoms with Gasteiger partial charge in [-0.1, -0.05) is 18.2 Å². The fourth-order valence-corrected chi connectivity index (χ4v) is 3.67. The van der Waals surface area contributed by atoms with Crippen molar-refractivity contribution in [3.8, 4) is 16.3 Å². The summed E-state index contributed by atoms with van der Waals surface area (Å²) < 4.78 is 6.56. The molecule has 1 N–H and O–H groups in total. The Bertz CT molecular complexity index is 1170. The molecule has 0 fully saturated rings. The first kappa shape index (κ1) is 16.2. The predicted molar refractivity (Wildman–Crippen MR) is 101 cm³/mol. The summed E-state index contributed by atoms with van der Waals surface area (Å²) in [5, 5.41) is 9.78. The van der Waals surface area contributed by atoms with Gasteiger partial charge in [-0.3, -0.25) is 0 Å². The molecule has 0 radical (unpaired) electrons. The van der Waals surface area contributed by atoms with E-state index in [-0.39, 0.29) is 5.56 Å². The molecule has 5 nitrogen and oxygen atoms in total. The summed E-state index contributed by atoms with van der Waals surface area (Å²) in [5.41, 5.74) is 2.53. The van der Waals surface area contributed by atoms with Crippen molar-refractivity contribution in [2.45, 2.75) is 0 Å². The van der Waals surface area contributed by atoms with Gasteiger partial charge >= 0.3 is 5.97 Å². The molecule has 128 valence electrons. The number of hydrogen-bond acceptors (Lipinski definition) is 5. The number of para-hydroxylation sites is 1. The van der Waals surface area contributed by atoms with Gasteiger partial charge in [0.05, 0.1) is 39.1 Å². The van der Waals surface area contributed by atoms with E-state index in [2.05, 4.69) is 9.98 Å². The SMILES string of the molecule is COc1cc2nc3ccccc3sc-2c/c1=N/c1cccc(C(=O)O)c1. The minimum atomic E-state index is -0.981. The lowest BCUT2D eigenvalue weighted by molar-refractivity contribution is 0.0697. The van der Waals surface area contributed by atoms with Gasteiger partial charge in [0.1, 0.15) is 11.1 Å².